The zero-order valence-electron chi connectivity index (χ0n) is 16.2. The highest BCUT2D eigenvalue weighted by atomic mass is 32.2. The van der Waals surface area contributed by atoms with Crippen molar-refractivity contribution in [3.05, 3.63) is 78.4 Å². The number of hydrogen-bond donors (Lipinski definition) is 1. The van der Waals surface area contributed by atoms with Gasteiger partial charge in [-0.2, -0.15) is 0 Å². The summed E-state index contributed by atoms with van der Waals surface area (Å²) in [6.07, 6.45) is 0. The van der Waals surface area contributed by atoms with Gasteiger partial charge in [0.05, 0.1) is 10.6 Å². The van der Waals surface area contributed by atoms with Crippen molar-refractivity contribution in [3.63, 3.8) is 0 Å². The lowest BCUT2D eigenvalue weighted by molar-refractivity contribution is -0.114. The van der Waals surface area contributed by atoms with E-state index in [1.54, 1.807) is 60.7 Å². The van der Waals surface area contributed by atoms with Gasteiger partial charge >= 0.3 is 0 Å². The van der Waals surface area contributed by atoms with Gasteiger partial charge in [-0.05, 0) is 48.9 Å². The minimum absolute atomic E-state index is 0.127. The maximum atomic E-state index is 13.3. The highest BCUT2D eigenvalue weighted by Gasteiger charge is 2.27. The Bertz CT molecular complexity index is 1180. The summed E-state index contributed by atoms with van der Waals surface area (Å²) in [5.41, 5.74) is 1.71. The van der Waals surface area contributed by atoms with Crippen molar-refractivity contribution in [2.75, 3.05) is 23.0 Å². The number of rotatable bonds is 6. The Morgan fingerprint density at radius 3 is 2.50 bits per heavy atom. The molecule has 4 rings (SSSR count). The molecule has 0 aliphatic carbocycles. The van der Waals surface area contributed by atoms with Crippen LogP contribution in [0.1, 0.15) is 5.56 Å². The molecule has 154 valence electrons. The van der Waals surface area contributed by atoms with E-state index in [2.05, 4.69) is 5.32 Å². The van der Waals surface area contributed by atoms with Gasteiger partial charge in [0.2, 0.25) is 12.7 Å². The molecule has 8 heteroatoms. The Kier molecular flexibility index (Phi) is 5.33. The van der Waals surface area contributed by atoms with Crippen molar-refractivity contribution in [2.24, 2.45) is 0 Å². The summed E-state index contributed by atoms with van der Waals surface area (Å²) >= 11 is 0. The average Bonchev–Trinajstić information content (AvgIpc) is 3.20. The van der Waals surface area contributed by atoms with Crippen LogP contribution in [0.3, 0.4) is 0 Å². The number of nitrogens with one attached hydrogen (secondary N) is 1. The second-order valence-corrected chi connectivity index (χ2v) is 8.64. The molecule has 0 bridgehead atoms. The van der Waals surface area contributed by atoms with E-state index < -0.39 is 15.9 Å². The summed E-state index contributed by atoms with van der Waals surface area (Å²) in [7, 11) is -3.95. The molecule has 7 nitrogen and oxygen atoms in total. The molecule has 1 heterocycles. The van der Waals surface area contributed by atoms with Gasteiger partial charge < -0.3 is 14.8 Å². The molecular weight excluding hydrogens is 404 g/mol. The van der Waals surface area contributed by atoms with Crippen LogP contribution in [0.2, 0.25) is 0 Å². The van der Waals surface area contributed by atoms with Crippen molar-refractivity contribution in [1.29, 1.82) is 0 Å². The number of benzene rings is 3. The highest BCUT2D eigenvalue weighted by Crippen LogP contribution is 2.34. The van der Waals surface area contributed by atoms with Gasteiger partial charge in [-0.1, -0.05) is 30.3 Å². The molecule has 3 aromatic rings. The van der Waals surface area contributed by atoms with E-state index in [0.29, 0.717) is 22.9 Å². The standard InChI is InChI=1S/C22H20N2O5S/c1-16-6-5-9-19(12-16)30(26,27)24(18-7-3-2-4-8-18)14-22(25)23-17-10-11-20-21(13-17)29-15-28-20/h2-13H,14-15H2,1H3,(H,23,25). The topological polar surface area (TPSA) is 84.9 Å². The number of carbonyl (C=O) groups excluding carboxylic acids is 1. The zero-order chi connectivity index (χ0) is 21.1. The van der Waals surface area contributed by atoms with Gasteiger partial charge in [0.1, 0.15) is 6.54 Å². The minimum atomic E-state index is -3.95. The lowest BCUT2D eigenvalue weighted by atomic mass is 10.2. The van der Waals surface area contributed by atoms with Crippen molar-refractivity contribution >= 4 is 27.3 Å². The fraction of sp³-hybridized carbons (Fsp3) is 0.136. The number of amides is 1. The number of nitrogens with zero attached hydrogens (tertiary/aromatic N) is 1. The molecule has 3 aromatic carbocycles. The second kappa shape index (κ2) is 8.08. The summed E-state index contributed by atoms with van der Waals surface area (Å²) in [6, 6.07) is 20.2. The number of hydrogen-bond acceptors (Lipinski definition) is 5. The number of ether oxygens (including phenoxy) is 2. The summed E-state index contributed by atoms with van der Waals surface area (Å²) < 4.78 is 38.3. The van der Waals surface area contributed by atoms with Crippen LogP contribution in [0.15, 0.2) is 77.7 Å². The summed E-state index contributed by atoms with van der Waals surface area (Å²) in [4.78, 5) is 12.9. The molecular formula is C22H20N2O5S. The van der Waals surface area contributed by atoms with Gasteiger partial charge in [-0.25, -0.2) is 8.42 Å². The lowest BCUT2D eigenvalue weighted by Gasteiger charge is -2.24. The smallest absolute Gasteiger partial charge is 0.264 e. The molecule has 1 aliphatic rings. The van der Waals surface area contributed by atoms with E-state index in [-0.39, 0.29) is 18.2 Å². The molecule has 0 aromatic heterocycles. The maximum Gasteiger partial charge on any atom is 0.264 e. The van der Waals surface area contributed by atoms with E-state index in [1.807, 2.05) is 13.0 Å². The fourth-order valence-electron chi connectivity index (χ4n) is 3.12. The monoisotopic (exact) mass is 424 g/mol. The number of anilines is 2. The van der Waals surface area contributed by atoms with Crippen LogP contribution in [-0.2, 0) is 14.8 Å². The van der Waals surface area contributed by atoms with Gasteiger partial charge in [-0.15, -0.1) is 0 Å². The molecule has 0 radical (unpaired) electrons. The van der Waals surface area contributed by atoms with Crippen LogP contribution < -0.4 is 19.1 Å². The average molecular weight is 424 g/mol. The number of para-hydroxylation sites is 1. The first-order valence-electron chi connectivity index (χ1n) is 9.27. The quantitative estimate of drug-likeness (QED) is 0.654. The third-order valence-electron chi connectivity index (χ3n) is 4.57. The van der Waals surface area contributed by atoms with Gasteiger partial charge in [0.25, 0.3) is 10.0 Å². The van der Waals surface area contributed by atoms with Crippen LogP contribution >= 0.6 is 0 Å². The predicted molar refractivity (Wildman–Crippen MR) is 113 cm³/mol. The van der Waals surface area contributed by atoms with Crippen LogP contribution in [0.5, 0.6) is 11.5 Å². The van der Waals surface area contributed by atoms with Crippen molar-refractivity contribution < 1.29 is 22.7 Å². The van der Waals surface area contributed by atoms with E-state index in [1.165, 1.54) is 6.07 Å². The summed E-state index contributed by atoms with van der Waals surface area (Å²) in [5, 5.41) is 2.73. The van der Waals surface area contributed by atoms with Crippen LogP contribution in [0, 0.1) is 6.92 Å². The Hall–Kier alpha value is -3.52. The van der Waals surface area contributed by atoms with Gasteiger partial charge in [0, 0.05) is 11.8 Å². The normalized spacial score (nSPS) is 12.4. The first-order valence-corrected chi connectivity index (χ1v) is 10.7. The van der Waals surface area contributed by atoms with Crippen molar-refractivity contribution in [3.8, 4) is 11.5 Å². The summed E-state index contributed by atoms with van der Waals surface area (Å²) in [5.74, 6) is 0.648. The Morgan fingerprint density at radius 2 is 1.73 bits per heavy atom. The SMILES string of the molecule is Cc1cccc(S(=O)(=O)N(CC(=O)Nc2ccc3c(c2)OCO3)c2ccccc2)c1. The molecule has 0 fully saturated rings. The number of fused-ring (bicyclic) bond motifs is 1. The third kappa shape index (κ3) is 4.08. The third-order valence-corrected chi connectivity index (χ3v) is 6.34. The molecule has 1 aliphatic heterocycles. The largest absolute Gasteiger partial charge is 0.454 e. The zero-order valence-corrected chi connectivity index (χ0v) is 17.1. The van der Waals surface area contributed by atoms with E-state index in [4.69, 9.17) is 9.47 Å². The molecule has 1 N–H and O–H groups in total. The Morgan fingerprint density at radius 1 is 0.967 bits per heavy atom. The summed E-state index contributed by atoms with van der Waals surface area (Å²) in [6.45, 7) is 1.57. The molecule has 1 amide bonds. The maximum absolute atomic E-state index is 13.3. The Labute approximate surface area is 174 Å². The minimum Gasteiger partial charge on any atom is -0.454 e. The lowest BCUT2D eigenvalue weighted by Crippen LogP contribution is -2.38. The molecule has 0 saturated carbocycles. The molecule has 0 spiro atoms. The molecule has 0 atom stereocenters. The molecule has 0 saturated heterocycles. The van der Waals surface area contributed by atoms with E-state index in [0.717, 1.165) is 9.87 Å². The second-order valence-electron chi connectivity index (χ2n) is 6.78. The van der Waals surface area contributed by atoms with Crippen molar-refractivity contribution in [2.45, 2.75) is 11.8 Å². The van der Waals surface area contributed by atoms with E-state index >= 15 is 0 Å². The number of aryl methyl sites for hydroxylation is 1. The number of carbonyl (C=O) groups is 1. The Balaban J connectivity index is 1.61. The van der Waals surface area contributed by atoms with Gasteiger partial charge in [0.15, 0.2) is 11.5 Å². The molecule has 30 heavy (non-hydrogen) atoms. The van der Waals surface area contributed by atoms with E-state index in [9.17, 15) is 13.2 Å². The van der Waals surface area contributed by atoms with Gasteiger partial charge in [-0.3, -0.25) is 9.10 Å². The first-order chi connectivity index (χ1) is 14.4. The fourth-order valence-corrected chi connectivity index (χ4v) is 4.64. The first kappa shape index (κ1) is 19.8. The molecule has 0 unspecified atom stereocenters. The van der Waals surface area contributed by atoms with Crippen LogP contribution in [0.25, 0.3) is 0 Å². The van der Waals surface area contributed by atoms with Crippen molar-refractivity contribution in [1.82, 2.24) is 0 Å². The van der Waals surface area contributed by atoms with Crippen LogP contribution in [0.4, 0.5) is 11.4 Å². The highest BCUT2D eigenvalue weighted by molar-refractivity contribution is 7.92. The van der Waals surface area contributed by atoms with Crippen LogP contribution in [-0.4, -0.2) is 27.7 Å². The number of sulfonamides is 1. The predicted octanol–water partition coefficient (Wildman–Crippen LogP) is 3.56.